The number of nitro groups is 1. The number of hydrogen-bond acceptors (Lipinski definition) is 6. The number of hydrogen-bond donors (Lipinski definition) is 0. The zero-order valence-corrected chi connectivity index (χ0v) is 18.1. The van der Waals surface area contributed by atoms with Gasteiger partial charge in [0.25, 0.3) is 17.5 Å². The van der Waals surface area contributed by atoms with Crippen molar-refractivity contribution in [2.24, 2.45) is 0 Å². The topological polar surface area (TPSA) is 114 Å². The van der Waals surface area contributed by atoms with Gasteiger partial charge in [-0.1, -0.05) is 22.0 Å². The van der Waals surface area contributed by atoms with Crippen LogP contribution in [0.4, 0.5) is 11.4 Å². The number of anilines is 1. The number of carbonyl (C=O) groups is 3. The maximum atomic E-state index is 13.3. The maximum absolute atomic E-state index is 13.3. The molecule has 162 valence electrons. The molecule has 3 aromatic rings. The van der Waals surface area contributed by atoms with Crippen molar-refractivity contribution in [3.8, 4) is 0 Å². The molecule has 1 atom stereocenters. The number of non-ortho nitro benzene ring substituents is 1. The molecule has 4 rings (SSSR count). The summed E-state index contributed by atoms with van der Waals surface area (Å²) in [7, 11) is 0. The molecule has 3 amide bonds. The molecule has 0 spiro atoms. The van der Waals surface area contributed by atoms with Crippen LogP contribution in [-0.4, -0.2) is 33.6 Å². The number of benzene rings is 2. The molecule has 1 aliphatic heterocycles. The van der Waals surface area contributed by atoms with E-state index < -0.39 is 28.7 Å². The smallest absolute Gasteiger partial charge is 0.270 e. The maximum Gasteiger partial charge on any atom is 0.270 e. The second kappa shape index (κ2) is 8.75. The molecule has 1 fully saturated rings. The lowest BCUT2D eigenvalue weighted by molar-refractivity contribution is -0.384. The minimum atomic E-state index is -1.08. The van der Waals surface area contributed by atoms with Crippen molar-refractivity contribution in [3.05, 3.63) is 92.8 Å². The normalized spacial score (nSPS) is 15.8. The number of carbonyl (C=O) groups excluding carboxylic acids is 3. The highest BCUT2D eigenvalue weighted by Gasteiger charge is 2.44. The second-order valence-electron chi connectivity index (χ2n) is 7.08. The Morgan fingerprint density at radius 3 is 2.56 bits per heavy atom. The molecule has 9 nitrogen and oxygen atoms in total. The van der Waals surface area contributed by atoms with Crippen LogP contribution >= 0.6 is 15.9 Å². The Kier molecular flexibility index (Phi) is 5.87. The van der Waals surface area contributed by atoms with Crippen LogP contribution in [0.2, 0.25) is 0 Å². The Morgan fingerprint density at radius 1 is 1.16 bits per heavy atom. The first kappa shape index (κ1) is 21.4. The molecule has 1 aromatic heterocycles. The Hall–Kier alpha value is -3.79. The van der Waals surface area contributed by atoms with E-state index >= 15 is 0 Å². The first-order valence-electron chi connectivity index (χ1n) is 9.55. The molecule has 1 aliphatic rings. The summed E-state index contributed by atoms with van der Waals surface area (Å²) in [5.74, 6) is -1.21. The molecular formula is C22H16BrN3O6. The first-order valence-corrected chi connectivity index (χ1v) is 10.3. The van der Waals surface area contributed by atoms with Gasteiger partial charge in [0.1, 0.15) is 11.8 Å². The number of nitrogens with zero attached hydrogens (tertiary/aromatic N) is 3. The summed E-state index contributed by atoms with van der Waals surface area (Å²) in [6, 6.07) is 14.1. The van der Waals surface area contributed by atoms with Gasteiger partial charge in [0.15, 0.2) is 0 Å². The summed E-state index contributed by atoms with van der Waals surface area (Å²) in [4.78, 5) is 52.1. The second-order valence-corrected chi connectivity index (χ2v) is 8.00. The van der Waals surface area contributed by atoms with E-state index in [0.717, 1.165) is 15.4 Å². The fourth-order valence-electron chi connectivity index (χ4n) is 3.53. The number of imide groups is 1. The van der Waals surface area contributed by atoms with Crippen LogP contribution < -0.4 is 4.90 Å². The molecule has 0 saturated carbocycles. The molecule has 0 radical (unpaired) electrons. The third-order valence-electron chi connectivity index (χ3n) is 5.05. The fraction of sp³-hybridized carbons (Fsp3) is 0.136. The van der Waals surface area contributed by atoms with Crippen LogP contribution in [-0.2, 0) is 16.1 Å². The van der Waals surface area contributed by atoms with E-state index in [-0.39, 0.29) is 24.2 Å². The number of halogens is 1. The van der Waals surface area contributed by atoms with E-state index in [1.165, 1.54) is 29.4 Å². The Morgan fingerprint density at radius 2 is 1.91 bits per heavy atom. The van der Waals surface area contributed by atoms with Gasteiger partial charge in [-0.25, -0.2) is 4.90 Å². The molecule has 32 heavy (non-hydrogen) atoms. The molecule has 0 N–H and O–H groups in total. The van der Waals surface area contributed by atoms with Crippen LogP contribution in [0.1, 0.15) is 22.5 Å². The molecule has 2 aromatic carbocycles. The highest BCUT2D eigenvalue weighted by molar-refractivity contribution is 9.10. The quantitative estimate of drug-likeness (QED) is 0.289. The van der Waals surface area contributed by atoms with Gasteiger partial charge >= 0.3 is 0 Å². The van der Waals surface area contributed by atoms with E-state index in [4.69, 9.17) is 4.42 Å². The molecule has 0 aliphatic carbocycles. The number of amides is 3. The van der Waals surface area contributed by atoms with E-state index in [9.17, 15) is 24.5 Å². The van der Waals surface area contributed by atoms with Crippen molar-refractivity contribution in [1.29, 1.82) is 0 Å². The standard InChI is InChI=1S/C22H16BrN3O6/c23-15-6-8-16(9-7-15)25-20(27)12-19(22(25)29)24(13-18-5-2-10-32-18)21(28)14-3-1-4-17(11-14)26(30)31/h1-11,19H,12-13H2. The highest BCUT2D eigenvalue weighted by atomic mass is 79.9. The van der Waals surface area contributed by atoms with Crippen LogP contribution in [0.5, 0.6) is 0 Å². The van der Waals surface area contributed by atoms with Crippen molar-refractivity contribution in [2.75, 3.05) is 4.90 Å². The molecule has 2 heterocycles. The van der Waals surface area contributed by atoms with Gasteiger partial charge in [0, 0.05) is 22.2 Å². The Balaban J connectivity index is 1.69. The van der Waals surface area contributed by atoms with Crippen molar-refractivity contribution in [1.82, 2.24) is 4.90 Å². The minimum Gasteiger partial charge on any atom is -0.467 e. The summed E-state index contributed by atoms with van der Waals surface area (Å²) in [5.41, 5.74) is 0.179. The predicted molar refractivity (Wildman–Crippen MR) is 117 cm³/mol. The Labute approximate surface area is 190 Å². The van der Waals surface area contributed by atoms with Gasteiger partial charge in [-0.3, -0.25) is 24.5 Å². The summed E-state index contributed by atoms with van der Waals surface area (Å²) in [6.45, 7) is -0.0770. The monoisotopic (exact) mass is 497 g/mol. The van der Waals surface area contributed by atoms with Gasteiger partial charge in [0.2, 0.25) is 5.91 Å². The predicted octanol–water partition coefficient (Wildman–Crippen LogP) is 3.92. The van der Waals surface area contributed by atoms with Gasteiger partial charge in [-0.15, -0.1) is 0 Å². The van der Waals surface area contributed by atoms with Crippen molar-refractivity contribution in [2.45, 2.75) is 19.0 Å². The molecule has 1 saturated heterocycles. The van der Waals surface area contributed by atoms with Gasteiger partial charge < -0.3 is 9.32 Å². The lowest BCUT2D eigenvalue weighted by Crippen LogP contribution is -2.45. The zero-order chi connectivity index (χ0) is 22.8. The summed E-state index contributed by atoms with van der Waals surface area (Å²) in [5, 5.41) is 11.1. The zero-order valence-electron chi connectivity index (χ0n) is 16.5. The third-order valence-corrected chi connectivity index (χ3v) is 5.58. The first-order chi connectivity index (χ1) is 15.3. The SMILES string of the molecule is O=C1CC(N(Cc2ccco2)C(=O)c2cccc([N+](=O)[O-])c2)C(=O)N1c1ccc(Br)cc1. The molecule has 1 unspecified atom stereocenters. The van der Waals surface area contributed by atoms with Crippen LogP contribution in [0, 0.1) is 10.1 Å². The number of furan rings is 1. The molecule has 0 bridgehead atoms. The van der Waals surface area contributed by atoms with Crippen molar-refractivity contribution >= 4 is 45.0 Å². The summed E-state index contributed by atoms with van der Waals surface area (Å²) < 4.78 is 6.13. The summed E-state index contributed by atoms with van der Waals surface area (Å²) >= 11 is 3.31. The lowest BCUT2D eigenvalue weighted by Gasteiger charge is -2.27. The van der Waals surface area contributed by atoms with Crippen molar-refractivity contribution < 1.29 is 23.7 Å². The number of nitro benzene ring substituents is 1. The van der Waals surface area contributed by atoms with Crippen molar-refractivity contribution in [3.63, 3.8) is 0 Å². The van der Waals surface area contributed by atoms with E-state index in [1.54, 1.807) is 36.4 Å². The van der Waals surface area contributed by atoms with Gasteiger partial charge in [-0.05, 0) is 42.5 Å². The lowest BCUT2D eigenvalue weighted by atomic mass is 10.1. The Bertz CT molecular complexity index is 1190. The molecular weight excluding hydrogens is 482 g/mol. The van der Waals surface area contributed by atoms with Gasteiger partial charge in [-0.2, -0.15) is 0 Å². The number of rotatable bonds is 6. The van der Waals surface area contributed by atoms with Crippen LogP contribution in [0.25, 0.3) is 0 Å². The highest BCUT2D eigenvalue weighted by Crippen LogP contribution is 2.29. The van der Waals surface area contributed by atoms with Gasteiger partial charge in [0.05, 0.1) is 29.8 Å². The largest absolute Gasteiger partial charge is 0.467 e. The summed E-state index contributed by atoms with van der Waals surface area (Å²) in [6.07, 6.45) is 1.22. The fourth-order valence-corrected chi connectivity index (χ4v) is 3.80. The average Bonchev–Trinajstić information content (AvgIpc) is 3.40. The van der Waals surface area contributed by atoms with E-state index in [2.05, 4.69) is 15.9 Å². The van der Waals surface area contributed by atoms with Crippen LogP contribution in [0.15, 0.2) is 75.8 Å². The third kappa shape index (κ3) is 4.17. The van der Waals surface area contributed by atoms with E-state index in [0.29, 0.717) is 11.4 Å². The van der Waals surface area contributed by atoms with E-state index in [1.807, 2.05) is 0 Å². The molecule has 10 heteroatoms. The van der Waals surface area contributed by atoms with Crippen LogP contribution in [0.3, 0.4) is 0 Å². The minimum absolute atomic E-state index is 0.0353. The average molecular weight is 498 g/mol.